The van der Waals surface area contributed by atoms with E-state index in [1.54, 1.807) is 19.1 Å². The largest absolute Gasteiger partial charge is 0.573 e. The van der Waals surface area contributed by atoms with E-state index in [1.807, 2.05) is 0 Å². The summed E-state index contributed by atoms with van der Waals surface area (Å²) in [6.45, 7) is 12.2. The number of hydrogen-bond acceptors (Lipinski definition) is 2. The fourth-order valence-electron chi connectivity index (χ4n) is 2.85. The third-order valence-corrected chi connectivity index (χ3v) is 4.31. The predicted octanol–water partition coefficient (Wildman–Crippen LogP) is 6.32. The maximum atomic E-state index is 12.4. The standard InChI is InChI=1S/C20H32F3NO/c1-15(2)9-7-6-8-12-24(16(3)4)14-18-10-11-19(17(5)13-18)25-20(21,22)23/h10-11,13,15-16H,6-9,12,14H2,1-5H3. The summed E-state index contributed by atoms with van der Waals surface area (Å²) in [5.41, 5.74) is 1.53. The second kappa shape index (κ2) is 10.0. The molecule has 1 rings (SSSR count). The summed E-state index contributed by atoms with van der Waals surface area (Å²) in [5, 5.41) is 0. The Hall–Kier alpha value is -1.23. The minimum absolute atomic E-state index is 0.124. The first-order chi connectivity index (χ1) is 11.6. The molecule has 0 aliphatic carbocycles. The van der Waals surface area contributed by atoms with Crippen LogP contribution >= 0.6 is 0 Å². The summed E-state index contributed by atoms with van der Waals surface area (Å²) in [6, 6.07) is 5.33. The fraction of sp³-hybridized carbons (Fsp3) is 0.700. The number of alkyl halides is 3. The van der Waals surface area contributed by atoms with Crippen molar-refractivity contribution in [2.24, 2.45) is 5.92 Å². The van der Waals surface area contributed by atoms with Crippen LogP contribution in [0.15, 0.2) is 18.2 Å². The van der Waals surface area contributed by atoms with Crippen LogP contribution < -0.4 is 4.74 Å². The van der Waals surface area contributed by atoms with E-state index < -0.39 is 6.36 Å². The van der Waals surface area contributed by atoms with Crippen molar-refractivity contribution in [3.8, 4) is 5.75 Å². The van der Waals surface area contributed by atoms with Gasteiger partial charge in [0.15, 0.2) is 0 Å². The van der Waals surface area contributed by atoms with Crippen LogP contribution in [0.1, 0.15) is 64.5 Å². The molecule has 0 aliphatic rings. The second-order valence-electron chi connectivity index (χ2n) is 7.46. The number of aryl methyl sites for hydroxylation is 1. The van der Waals surface area contributed by atoms with Crippen LogP contribution in [0.5, 0.6) is 5.75 Å². The molecule has 2 nitrogen and oxygen atoms in total. The van der Waals surface area contributed by atoms with Crippen LogP contribution in [-0.4, -0.2) is 23.8 Å². The number of ether oxygens (including phenoxy) is 1. The molecule has 25 heavy (non-hydrogen) atoms. The predicted molar refractivity (Wildman–Crippen MR) is 96.7 cm³/mol. The number of benzene rings is 1. The Morgan fingerprint density at radius 2 is 1.72 bits per heavy atom. The Bertz CT molecular complexity index is 512. The lowest BCUT2D eigenvalue weighted by Crippen LogP contribution is -2.31. The minimum Gasteiger partial charge on any atom is -0.406 e. The number of hydrogen-bond donors (Lipinski definition) is 0. The van der Waals surface area contributed by atoms with E-state index in [0.717, 1.165) is 31.0 Å². The Morgan fingerprint density at radius 1 is 1.04 bits per heavy atom. The van der Waals surface area contributed by atoms with Crippen molar-refractivity contribution in [2.45, 2.75) is 79.3 Å². The summed E-state index contributed by atoms with van der Waals surface area (Å²) >= 11 is 0. The van der Waals surface area contributed by atoms with Crippen LogP contribution in [0.25, 0.3) is 0 Å². The monoisotopic (exact) mass is 359 g/mol. The minimum atomic E-state index is -4.65. The molecule has 1 aromatic rings. The third-order valence-electron chi connectivity index (χ3n) is 4.31. The molecule has 0 amide bonds. The SMILES string of the molecule is Cc1cc(CN(CCCCCC(C)C)C(C)C)ccc1OC(F)(F)F. The van der Waals surface area contributed by atoms with Gasteiger partial charge in [-0.2, -0.15) is 0 Å². The summed E-state index contributed by atoms with van der Waals surface area (Å²) in [7, 11) is 0. The van der Waals surface area contributed by atoms with Crippen LogP contribution in [0.4, 0.5) is 13.2 Å². The van der Waals surface area contributed by atoms with Gasteiger partial charge in [-0.15, -0.1) is 13.2 Å². The van der Waals surface area contributed by atoms with Gasteiger partial charge in [-0.25, -0.2) is 0 Å². The zero-order chi connectivity index (χ0) is 19.0. The Labute approximate surface area is 150 Å². The maximum Gasteiger partial charge on any atom is 0.573 e. The van der Waals surface area contributed by atoms with Crippen molar-refractivity contribution in [1.82, 2.24) is 4.90 Å². The lowest BCUT2D eigenvalue weighted by molar-refractivity contribution is -0.274. The van der Waals surface area contributed by atoms with Crippen molar-refractivity contribution in [3.63, 3.8) is 0 Å². The molecule has 0 heterocycles. The molecule has 0 bridgehead atoms. The van der Waals surface area contributed by atoms with Gasteiger partial charge in [0.25, 0.3) is 0 Å². The van der Waals surface area contributed by atoms with E-state index in [0.29, 0.717) is 11.6 Å². The lowest BCUT2D eigenvalue weighted by Gasteiger charge is -2.27. The van der Waals surface area contributed by atoms with Crippen LogP contribution in [0, 0.1) is 12.8 Å². The topological polar surface area (TPSA) is 12.5 Å². The van der Waals surface area contributed by atoms with Gasteiger partial charge in [-0.1, -0.05) is 45.2 Å². The number of unbranched alkanes of at least 4 members (excludes halogenated alkanes) is 2. The highest BCUT2D eigenvalue weighted by molar-refractivity contribution is 5.36. The van der Waals surface area contributed by atoms with Gasteiger partial charge in [0.05, 0.1) is 0 Å². The maximum absolute atomic E-state index is 12.4. The van der Waals surface area contributed by atoms with Crippen molar-refractivity contribution >= 4 is 0 Å². The summed E-state index contributed by atoms with van der Waals surface area (Å²) in [4.78, 5) is 2.37. The molecular formula is C20H32F3NO. The van der Waals surface area contributed by atoms with E-state index in [-0.39, 0.29) is 5.75 Å². The van der Waals surface area contributed by atoms with Crippen LogP contribution in [0.3, 0.4) is 0 Å². The Morgan fingerprint density at radius 3 is 2.24 bits per heavy atom. The lowest BCUT2D eigenvalue weighted by atomic mass is 10.0. The van der Waals surface area contributed by atoms with Crippen molar-refractivity contribution in [3.05, 3.63) is 29.3 Å². The highest BCUT2D eigenvalue weighted by atomic mass is 19.4. The van der Waals surface area contributed by atoms with Crippen LogP contribution in [0.2, 0.25) is 0 Å². The molecule has 0 unspecified atom stereocenters. The van der Waals surface area contributed by atoms with E-state index in [1.165, 1.54) is 25.3 Å². The highest BCUT2D eigenvalue weighted by Gasteiger charge is 2.31. The molecule has 0 aliphatic heterocycles. The van der Waals surface area contributed by atoms with Gasteiger partial charge < -0.3 is 4.74 Å². The number of halogens is 3. The third kappa shape index (κ3) is 9.15. The second-order valence-corrected chi connectivity index (χ2v) is 7.46. The van der Waals surface area contributed by atoms with Crippen LogP contribution in [-0.2, 0) is 6.54 Å². The molecule has 5 heteroatoms. The first-order valence-electron chi connectivity index (χ1n) is 9.18. The van der Waals surface area contributed by atoms with Crippen molar-refractivity contribution in [1.29, 1.82) is 0 Å². The Balaban J connectivity index is 2.59. The van der Waals surface area contributed by atoms with Gasteiger partial charge >= 0.3 is 6.36 Å². The molecule has 0 radical (unpaired) electrons. The van der Waals surface area contributed by atoms with Gasteiger partial charge in [-0.05, 0) is 56.8 Å². The van der Waals surface area contributed by atoms with Gasteiger partial charge in [0.1, 0.15) is 5.75 Å². The van der Waals surface area contributed by atoms with Gasteiger partial charge in [0.2, 0.25) is 0 Å². The van der Waals surface area contributed by atoms with E-state index >= 15 is 0 Å². The highest BCUT2D eigenvalue weighted by Crippen LogP contribution is 2.27. The number of nitrogens with zero attached hydrogens (tertiary/aromatic N) is 1. The molecule has 0 saturated heterocycles. The molecular weight excluding hydrogens is 327 g/mol. The first-order valence-corrected chi connectivity index (χ1v) is 9.18. The smallest absolute Gasteiger partial charge is 0.406 e. The molecule has 0 saturated carbocycles. The molecule has 1 aromatic carbocycles. The van der Waals surface area contributed by atoms with E-state index in [9.17, 15) is 13.2 Å². The summed E-state index contributed by atoms with van der Waals surface area (Å²) in [6.07, 6.45) is 0.248. The molecule has 0 aromatic heterocycles. The average molecular weight is 359 g/mol. The van der Waals surface area contributed by atoms with Gasteiger partial charge in [-0.3, -0.25) is 4.90 Å². The molecule has 0 fully saturated rings. The van der Waals surface area contributed by atoms with Crippen molar-refractivity contribution < 1.29 is 17.9 Å². The zero-order valence-electron chi connectivity index (χ0n) is 16.1. The Kier molecular flexibility index (Phi) is 8.77. The van der Waals surface area contributed by atoms with Gasteiger partial charge in [0, 0.05) is 12.6 Å². The van der Waals surface area contributed by atoms with E-state index in [2.05, 4.69) is 37.3 Å². The first kappa shape index (κ1) is 21.8. The molecule has 144 valence electrons. The summed E-state index contributed by atoms with van der Waals surface area (Å²) < 4.78 is 41.1. The molecule has 0 N–H and O–H groups in total. The number of rotatable bonds is 10. The average Bonchev–Trinajstić information content (AvgIpc) is 2.46. The molecule has 0 atom stereocenters. The summed E-state index contributed by atoms with van der Waals surface area (Å²) in [5.74, 6) is 0.627. The fourth-order valence-corrected chi connectivity index (χ4v) is 2.85. The quantitative estimate of drug-likeness (QED) is 0.453. The zero-order valence-corrected chi connectivity index (χ0v) is 16.1. The molecule has 0 spiro atoms. The van der Waals surface area contributed by atoms with E-state index in [4.69, 9.17) is 0 Å². The normalized spacial score (nSPS) is 12.4. The van der Waals surface area contributed by atoms with Crippen molar-refractivity contribution in [2.75, 3.05) is 6.54 Å².